The van der Waals surface area contributed by atoms with Crippen LogP contribution in [0.25, 0.3) is 0 Å². The highest BCUT2D eigenvalue weighted by atomic mass is 16.2. The molecule has 5 nitrogen and oxygen atoms in total. The van der Waals surface area contributed by atoms with Gasteiger partial charge in [-0.2, -0.15) is 5.26 Å². The predicted molar refractivity (Wildman–Crippen MR) is 101 cm³/mol. The van der Waals surface area contributed by atoms with Gasteiger partial charge in [-0.05, 0) is 67.1 Å². The smallest absolute Gasteiger partial charge is 0.253 e. The Bertz CT molecular complexity index is 909. The van der Waals surface area contributed by atoms with Gasteiger partial charge in [0.25, 0.3) is 11.8 Å². The summed E-state index contributed by atoms with van der Waals surface area (Å²) in [5.74, 6) is 0.653. The topological polar surface area (TPSA) is 73.2 Å². The molecule has 2 aromatic carbocycles. The van der Waals surface area contributed by atoms with E-state index in [4.69, 9.17) is 5.26 Å². The second kappa shape index (κ2) is 6.55. The summed E-state index contributed by atoms with van der Waals surface area (Å²) in [6.45, 7) is 0.455. The summed E-state index contributed by atoms with van der Waals surface area (Å²) in [6, 6.07) is 16.1. The lowest BCUT2D eigenvalue weighted by Crippen LogP contribution is -2.68. The minimum absolute atomic E-state index is 0.0531. The fourth-order valence-corrected chi connectivity index (χ4v) is 3.96. The molecule has 3 aliphatic carbocycles. The molecule has 5 heteroatoms. The van der Waals surface area contributed by atoms with E-state index in [0.29, 0.717) is 23.2 Å². The molecule has 0 atom stereocenters. The van der Waals surface area contributed by atoms with Crippen LogP contribution in [0.2, 0.25) is 0 Å². The van der Waals surface area contributed by atoms with E-state index < -0.39 is 0 Å². The van der Waals surface area contributed by atoms with Crippen LogP contribution in [-0.2, 0) is 6.54 Å². The van der Waals surface area contributed by atoms with Crippen molar-refractivity contribution in [2.75, 3.05) is 7.05 Å². The molecule has 0 saturated heterocycles. The van der Waals surface area contributed by atoms with Gasteiger partial charge in [-0.1, -0.05) is 12.1 Å². The number of nitrogens with one attached hydrogen (secondary N) is 1. The third-order valence-corrected chi connectivity index (χ3v) is 5.66. The van der Waals surface area contributed by atoms with Gasteiger partial charge < -0.3 is 10.2 Å². The molecule has 2 amide bonds. The molecular weight excluding hydrogens is 338 g/mol. The van der Waals surface area contributed by atoms with E-state index in [2.05, 4.69) is 11.4 Å². The van der Waals surface area contributed by atoms with E-state index >= 15 is 0 Å². The summed E-state index contributed by atoms with van der Waals surface area (Å²) >= 11 is 0. The van der Waals surface area contributed by atoms with E-state index in [1.54, 1.807) is 48.3 Å². The van der Waals surface area contributed by atoms with Crippen LogP contribution in [0.5, 0.6) is 0 Å². The number of benzene rings is 2. The number of carbonyl (C=O) groups is 2. The zero-order valence-electron chi connectivity index (χ0n) is 15.2. The number of hydrogen-bond donors (Lipinski definition) is 1. The van der Waals surface area contributed by atoms with Crippen molar-refractivity contribution in [1.29, 1.82) is 5.26 Å². The van der Waals surface area contributed by atoms with Crippen LogP contribution in [0.4, 0.5) is 0 Å². The molecule has 1 N–H and O–H groups in total. The number of nitrogens with zero attached hydrogens (tertiary/aromatic N) is 2. The SMILES string of the molecule is CN(Cc1ccc(C#N)cc1)C(=O)c1ccc(C(=O)NC23CC(C2)C3)cc1. The van der Waals surface area contributed by atoms with Gasteiger partial charge >= 0.3 is 0 Å². The Morgan fingerprint density at radius 1 is 1.07 bits per heavy atom. The molecule has 3 saturated carbocycles. The minimum atomic E-state index is -0.106. The van der Waals surface area contributed by atoms with Crippen molar-refractivity contribution >= 4 is 11.8 Å². The highest BCUT2D eigenvalue weighted by Gasteiger charge is 2.57. The number of rotatable bonds is 5. The van der Waals surface area contributed by atoms with Crippen molar-refractivity contribution in [1.82, 2.24) is 10.2 Å². The van der Waals surface area contributed by atoms with E-state index in [-0.39, 0.29) is 17.4 Å². The summed E-state index contributed by atoms with van der Waals surface area (Å²) in [6.07, 6.45) is 3.32. The van der Waals surface area contributed by atoms with Crippen molar-refractivity contribution < 1.29 is 9.59 Å². The lowest BCUT2D eigenvalue weighted by atomic mass is 9.50. The number of nitriles is 1. The maximum atomic E-state index is 12.6. The van der Waals surface area contributed by atoms with Crippen LogP contribution in [-0.4, -0.2) is 29.3 Å². The normalized spacial score (nSPS) is 22.0. The fourth-order valence-electron chi connectivity index (χ4n) is 3.96. The van der Waals surface area contributed by atoms with E-state index in [0.717, 1.165) is 30.7 Å². The molecule has 0 radical (unpaired) electrons. The van der Waals surface area contributed by atoms with Gasteiger partial charge in [-0.3, -0.25) is 9.59 Å². The summed E-state index contributed by atoms with van der Waals surface area (Å²) in [4.78, 5) is 26.6. The third kappa shape index (κ3) is 3.31. The number of hydrogen-bond acceptors (Lipinski definition) is 3. The zero-order chi connectivity index (χ0) is 19.0. The Hall–Kier alpha value is -3.13. The summed E-state index contributed by atoms with van der Waals surface area (Å²) in [5, 5.41) is 12.0. The molecule has 0 aromatic heterocycles. The maximum absolute atomic E-state index is 12.6. The van der Waals surface area contributed by atoms with E-state index in [9.17, 15) is 9.59 Å². The molecule has 0 unspecified atom stereocenters. The lowest BCUT2D eigenvalue weighted by molar-refractivity contribution is -0.0438. The van der Waals surface area contributed by atoms with E-state index in [1.807, 2.05) is 12.1 Å². The van der Waals surface area contributed by atoms with Crippen molar-refractivity contribution in [2.45, 2.75) is 31.3 Å². The highest BCUT2D eigenvalue weighted by molar-refractivity contribution is 5.98. The van der Waals surface area contributed by atoms with Gasteiger partial charge in [0.2, 0.25) is 0 Å². The van der Waals surface area contributed by atoms with Crippen molar-refractivity contribution in [3.05, 3.63) is 70.8 Å². The standard InChI is InChI=1S/C22H21N3O2/c1-25(14-16-4-2-15(13-23)3-5-16)21(27)19-8-6-18(7-9-19)20(26)24-22-10-17(11-22)12-22/h2-9,17H,10-12,14H2,1H3,(H,24,26). The molecule has 27 heavy (non-hydrogen) atoms. The molecule has 3 aliphatic rings. The quantitative estimate of drug-likeness (QED) is 0.891. The van der Waals surface area contributed by atoms with Crippen LogP contribution in [0.1, 0.15) is 51.1 Å². The summed E-state index contributed by atoms with van der Waals surface area (Å²) < 4.78 is 0. The van der Waals surface area contributed by atoms with Gasteiger partial charge in [0.15, 0.2) is 0 Å². The van der Waals surface area contributed by atoms with Gasteiger partial charge in [-0.25, -0.2) is 0 Å². The summed E-state index contributed by atoms with van der Waals surface area (Å²) in [7, 11) is 1.74. The Balaban J connectivity index is 1.37. The predicted octanol–water partition coefficient (Wildman–Crippen LogP) is 3.11. The minimum Gasteiger partial charge on any atom is -0.347 e. The molecule has 0 heterocycles. The Morgan fingerprint density at radius 3 is 2.19 bits per heavy atom. The highest BCUT2D eigenvalue weighted by Crippen LogP contribution is 2.56. The average molecular weight is 359 g/mol. The molecule has 0 aliphatic heterocycles. The first-order chi connectivity index (χ1) is 13.0. The van der Waals surface area contributed by atoms with E-state index in [1.165, 1.54) is 0 Å². The molecule has 2 aromatic rings. The first-order valence-corrected chi connectivity index (χ1v) is 9.15. The second-order valence-corrected chi connectivity index (χ2v) is 7.76. The second-order valence-electron chi connectivity index (χ2n) is 7.76. The molecule has 5 rings (SSSR count). The van der Waals surface area contributed by atoms with Crippen molar-refractivity contribution in [3.63, 3.8) is 0 Å². The first-order valence-electron chi connectivity index (χ1n) is 9.15. The van der Waals surface area contributed by atoms with Gasteiger partial charge in [0, 0.05) is 30.3 Å². The van der Waals surface area contributed by atoms with Gasteiger partial charge in [-0.15, -0.1) is 0 Å². The molecule has 2 bridgehead atoms. The average Bonchev–Trinajstić information content (AvgIpc) is 2.63. The molecule has 136 valence electrons. The summed E-state index contributed by atoms with van der Waals surface area (Å²) in [5.41, 5.74) is 2.75. The zero-order valence-corrected chi connectivity index (χ0v) is 15.2. The monoisotopic (exact) mass is 359 g/mol. The van der Waals surface area contributed by atoms with Crippen LogP contribution >= 0.6 is 0 Å². The molecular formula is C22H21N3O2. The van der Waals surface area contributed by atoms with Gasteiger partial charge in [0.1, 0.15) is 0 Å². The van der Waals surface area contributed by atoms with Crippen molar-refractivity contribution in [3.8, 4) is 6.07 Å². The Morgan fingerprint density at radius 2 is 1.67 bits per heavy atom. The van der Waals surface area contributed by atoms with Crippen molar-refractivity contribution in [2.24, 2.45) is 5.92 Å². The Labute approximate surface area is 158 Å². The first kappa shape index (κ1) is 17.3. The third-order valence-electron chi connectivity index (χ3n) is 5.66. The number of amides is 2. The number of carbonyl (C=O) groups excluding carboxylic acids is 2. The Kier molecular flexibility index (Phi) is 4.19. The van der Waals surface area contributed by atoms with Gasteiger partial charge in [0.05, 0.1) is 11.6 Å². The largest absolute Gasteiger partial charge is 0.347 e. The van der Waals surface area contributed by atoms with Crippen LogP contribution in [0, 0.1) is 17.2 Å². The van der Waals surface area contributed by atoms with Crippen LogP contribution < -0.4 is 5.32 Å². The maximum Gasteiger partial charge on any atom is 0.253 e. The fraction of sp³-hybridized carbons (Fsp3) is 0.318. The molecule has 0 spiro atoms. The van der Waals surface area contributed by atoms with Crippen LogP contribution in [0.3, 0.4) is 0 Å². The van der Waals surface area contributed by atoms with Crippen LogP contribution in [0.15, 0.2) is 48.5 Å². The lowest BCUT2D eigenvalue weighted by Gasteiger charge is -2.61. The molecule has 3 fully saturated rings.